The van der Waals surface area contributed by atoms with Crippen molar-refractivity contribution >= 4 is 23.5 Å². The lowest BCUT2D eigenvalue weighted by Gasteiger charge is -2.09. The van der Waals surface area contributed by atoms with Crippen molar-refractivity contribution in [3.05, 3.63) is 89.5 Å². The number of carbonyl (C=O) groups excluding carboxylic acids is 2. The number of hydrogen-bond donors (Lipinski definition) is 1. The summed E-state index contributed by atoms with van der Waals surface area (Å²) in [5.41, 5.74) is 2.17. The SMILES string of the molecule is COc1ccc(/C(C#N)=C\c2cccc(OC(=O)CNC(=O)c3ccccc3)c2)cc1OC. The number of benzene rings is 3. The summed E-state index contributed by atoms with van der Waals surface area (Å²) in [6.07, 6.45) is 1.68. The number of rotatable bonds is 8. The van der Waals surface area contributed by atoms with E-state index in [2.05, 4.69) is 11.4 Å². The minimum atomic E-state index is -0.610. The van der Waals surface area contributed by atoms with Gasteiger partial charge < -0.3 is 19.5 Å². The fourth-order valence-electron chi connectivity index (χ4n) is 3.03. The summed E-state index contributed by atoms with van der Waals surface area (Å²) < 4.78 is 15.9. The van der Waals surface area contributed by atoms with Crippen molar-refractivity contribution < 1.29 is 23.8 Å². The maximum absolute atomic E-state index is 12.2. The highest BCUT2D eigenvalue weighted by atomic mass is 16.5. The lowest BCUT2D eigenvalue weighted by Crippen LogP contribution is -2.31. The van der Waals surface area contributed by atoms with Crippen LogP contribution in [0.2, 0.25) is 0 Å². The van der Waals surface area contributed by atoms with Crippen LogP contribution in [-0.4, -0.2) is 32.6 Å². The van der Waals surface area contributed by atoms with E-state index in [1.807, 2.05) is 0 Å². The zero-order valence-electron chi connectivity index (χ0n) is 18.2. The average Bonchev–Trinajstić information content (AvgIpc) is 2.86. The second-order valence-corrected chi connectivity index (χ2v) is 6.83. The Morgan fingerprint density at radius 1 is 0.909 bits per heavy atom. The number of methoxy groups -OCH3 is 2. The molecule has 0 saturated carbocycles. The molecule has 33 heavy (non-hydrogen) atoms. The van der Waals surface area contributed by atoms with Crippen LogP contribution in [0.3, 0.4) is 0 Å². The van der Waals surface area contributed by atoms with Gasteiger partial charge in [-0.15, -0.1) is 0 Å². The molecule has 0 aromatic heterocycles. The molecule has 0 bridgehead atoms. The van der Waals surface area contributed by atoms with E-state index in [0.717, 1.165) is 0 Å². The van der Waals surface area contributed by atoms with Crippen molar-refractivity contribution in [3.8, 4) is 23.3 Å². The molecule has 0 saturated heterocycles. The normalized spacial score (nSPS) is 10.6. The standard InChI is InChI=1S/C26H22N2O5/c1-31-23-12-11-20(15-24(23)32-2)21(16-27)13-18-7-6-10-22(14-18)33-25(29)17-28-26(30)19-8-4-3-5-9-19/h3-15H,17H2,1-2H3,(H,28,30)/b21-13-. The number of nitriles is 1. The zero-order valence-corrected chi connectivity index (χ0v) is 18.2. The van der Waals surface area contributed by atoms with Gasteiger partial charge in [-0.05, 0) is 59.7 Å². The second kappa shape index (κ2) is 11.2. The molecule has 166 valence electrons. The molecule has 0 fully saturated rings. The van der Waals surface area contributed by atoms with E-state index in [9.17, 15) is 14.9 Å². The average molecular weight is 442 g/mol. The molecule has 0 spiro atoms. The van der Waals surface area contributed by atoms with E-state index >= 15 is 0 Å². The van der Waals surface area contributed by atoms with E-state index in [1.54, 1.807) is 86.0 Å². The van der Waals surface area contributed by atoms with Crippen molar-refractivity contribution in [1.82, 2.24) is 5.32 Å². The Balaban J connectivity index is 1.69. The summed E-state index contributed by atoms with van der Waals surface area (Å²) in [4.78, 5) is 24.2. The highest BCUT2D eigenvalue weighted by Crippen LogP contribution is 2.31. The second-order valence-electron chi connectivity index (χ2n) is 6.83. The summed E-state index contributed by atoms with van der Waals surface area (Å²) in [5.74, 6) is 0.397. The Hall–Kier alpha value is -4.57. The molecule has 0 heterocycles. The molecule has 7 nitrogen and oxygen atoms in total. The van der Waals surface area contributed by atoms with Gasteiger partial charge in [0.15, 0.2) is 11.5 Å². The first kappa shape index (κ1) is 23.1. The molecule has 3 aromatic carbocycles. The third kappa shape index (κ3) is 6.21. The van der Waals surface area contributed by atoms with Crippen molar-refractivity contribution in [2.24, 2.45) is 0 Å². The number of nitrogens with one attached hydrogen (secondary N) is 1. The van der Waals surface area contributed by atoms with Crippen LogP contribution >= 0.6 is 0 Å². The van der Waals surface area contributed by atoms with Crippen molar-refractivity contribution in [2.75, 3.05) is 20.8 Å². The van der Waals surface area contributed by atoms with Gasteiger partial charge in [0.05, 0.1) is 25.9 Å². The van der Waals surface area contributed by atoms with Crippen LogP contribution in [0.15, 0.2) is 72.8 Å². The van der Waals surface area contributed by atoms with Gasteiger partial charge >= 0.3 is 5.97 Å². The van der Waals surface area contributed by atoms with Crippen LogP contribution in [0.1, 0.15) is 21.5 Å². The van der Waals surface area contributed by atoms with E-state index in [-0.39, 0.29) is 12.5 Å². The molecule has 7 heteroatoms. The maximum atomic E-state index is 12.2. The molecular weight excluding hydrogens is 420 g/mol. The third-order valence-electron chi connectivity index (χ3n) is 4.65. The molecule has 1 amide bonds. The van der Waals surface area contributed by atoms with E-state index in [0.29, 0.717) is 39.5 Å². The van der Waals surface area contributed by atoms with Crippen molar-refractivity contribution in [1.29, 1.82) is 5.26 Å². The Kier molecular flexibility index (Phi) is 7.81. The Morgan fingerprint density at radius 2 is 1.67 bits per heavy atom. The number of ether oxygens (including phenoxy) is 3. The van der Waals surface area contributed by atoms with E-state index in [1.165, 1.54) is 7.11 Å². The maximum Gasteiger partial charge on any atom is 0.330 e. The van der Waals surface area contributed by atoms with Crippen molar-refractivity contribution in [3.63, 3.8) is 0 Å². The number of carbonyl (C=O) groups is 2. The lowest BCUT2D eigenvalue weighted by molar-refractivity contribution is -0.133. The summed E-state index contributed by atoms with van der Waals surface area (Å²) in [6, 6.07) is 22.7. The van der Waals surface area contributed by atoms with Crippen LogP contribution in [0, 0.1) is 11.3 Å². The molecule has 0 aliphatic rings. The topological polar surface area (TPSA) is 97.6 Å². The fourth-order valence-corrected chi connectivity index (χ4v) is 3.03. The number of allylic oxidation sites excluding steroid dienone is 1. The van der Waals surface area contributed by atoms with Gasteiger partial charge in [-0.3, -0.25) is 4.79 Å². The number of hydrogen-bond acceptors (Lipinski definition) is 6. The monoisotopic (exact) mass is 442 g/mol. The molecule has 0 aliphatic heterocycles. The smallest absolute Gasteiger partial charge is 0.330 e. The van der Waals surface area contributed by atoms with Gasteiger partial charge in [0, 0.05) is 5.56 Å². The minimum absolute atomic E-state index is 0.275. The highest BCUT2D eigenvalue weighted by molar-refractivity contribution is 5.96. The van der Waals surface area contributed by atoms with E-state index < -0.39 is 5.97 Å². The molecular formula is C26H22N2O5. The molecule has 0 unspecified atom stereocenters. The van der Waals surface area contributed by atoms with Gasteiger partial charge in [0.2, 0.25) is 0 Å². The third-order valence-corrected chi connectivity index (χ3v) is 4.65. The van der Waals surface area contributed by atoms with Crippen LogP contribution in [0.25, 0.3) is 11.6 Å². The number of nitrogens with zero attached hydrogens (tertiary/aromatic N) is 1. The quantitative estimate of drug-likeness (QED) is 0.244. The number of esters is 1. The predicted octanol–water partition coefficient (Wildman–Crippen LogP) is 4.10. The van der Waals surface area contributed by atoms with Gasteiger partial charge in [-0.2, -0.15) is 5.26 Å². The molecule has 3 aromatic rings. The molecule has 1 N–H and O–H groups in total. The summed E-state index contributed by atoms with van der Waals surface area (Å²) in [7, 11) is 3.07. The minimum Gasteiger partial charge on any atom is -0.493 e. The predicted molar refractivity (Wildman–Crippen MR) is 124 cm³/mol. The largest absolute Gasteiger partial charge is 0.493 e. The Morgan fingerprint density at radius 3 is 2.36 bits per heavy atom. The van der Waals surface area contributed by atoms with E-state index in [4.69, 9.17) is 14.2 Å². The van der Waals surface area contributed by atoms with Gasteiger partial charge in [0.1, 0.15) is 12.3 Å². The Bertz CT molecular complexity index is 1210. The first-order valence-electron chi connectivity index (χ1n) is 10.0. The van der Waals surface area contributed by atoms with Crippen LogP contribution in [0.4, 0.5) is 0 Å². The molecule has 0 atom stereocenters. The summed E-state index contributed by atoms with van der Waals surface area (Å²) in [6.45, 7) is -0.275. The number of amides is 1. The van der Waals surface area contributed by atoms with Gasteiger partial charge in [-0.25, -0.2) is 4.79 Å². The first-order chi connectivity index (χ1) is 16.0. The Labute approximate surface area is 191 Å². The lowest BCUT2D eigenvalue weighted by atomic mass is 10.0. The van der Waals surface area contributed by atoms with Crippen molar-refractivity contribution in [2.45, 2.75) is 0 Å². The fraction of sp³-hybridized carbons (Fsp3) is 0.115. The van der Waals surface area contributed by atoms with Crippen LogP contribution in [0.5, 0.6) is 17.2 Å². The summed E-state index contributed by atoms with van der Waals surface area (Å²) >= 11 is 0. The van der Waals surface area contributed by atoms with Crippen LogP contribution < -0.4 is 19.5 Å². The molecule has 0 radical (unpaired) electrons. The highest BCUT2D eigenvalue weighted by Gasteiger charge is 2.11. The molecule has 0 aliphatic carbocycles. The first-order valence-corrected chi connectivity index (χ1v) is 10.0. The zero-order chi connectivity index (χ0) is 23.6. The van der Waals surface area contributed by atoms with Gasteiger partial charge in [0.25, 0.3) is 5.91 Å². The van der Waals surface area contributed by atoms with Crippen LogP contribution in [-0.2, 0) is 4.79 Å². The summed E-state index contributed by atoms with van der Waals surface area (Å²) in [5, 5.41) is 12.2. The van der Waals surface area contributed by atoms with Gasteiger partial charge in [-0.1, -0.05) is 30.3 Å². The molecule has 3 rings (SSSR count).